The predicted octanol–water partition coefficient (Wildman–Crippen LogP) is 0.633. The van der Waals surface area contributed by atoms with Crippen molar-refractivity contribution in [3.8, 4) is 0 Å². The van der Waals surface area contributed by atoms with E-state index in [1.807, 2.05) is 0 Å². The molecule has 1 saturated heterocycles. The van der Waals surface area contributed by atoms with Gasteiger partial charge < -0.3 is 5.73 Å². The highest BCUT2D eigenvalue weighted by atomic mass is 15.2. The summed E-state index contributed by atoms with van der Waals surface area (Å²) in [5.74, 6) is 0.851. The molecule has 0 aromatic heterocycles. The summed E-state index contributed by atoms with van der Waals surface area (Å²) in [4.78, 5) is 2.32. The van der Waals surface area contributed by atoms with E-state index in [1.165, 1.54) is 13.0 Å². The molecule has 0 aromatic carbocycles. The maximum atomic E-state index is 5.51. The second-order valence-corrected chi connectivity index (χ2v) is 3.14. The minimum Gasteiger partial charge on any atom is -0.318 e. The smallest absolute Gasteiger partial charge is 0.0457 e. The Bertz CT molecular complexity index is 92.9. The first-order valence-corrected chi connectivity index (χ1v) is 3.68. The Kier molecular flexibility index (Phi) is 2.09. The van der Waals surface area contributed by atoms with Crippen LogP contribution in [0.15, 0.2) is 0 Å². The van der Waals surface area contributed by atoms with Crippen LogP contribution in [0.1, 0.15) is 20.3 Å². The Hall–Kier alpha value is -0.0800. The first kappa shape index (κ1) is 7.03. The molecule has 0 spiro atoms. The summed E-state index contributed by atoms with van der Waals surface area (Å²) in [5.41, 5.74) is 5.51. The fourth-order valence-electron chi connectivity index (χ4n) is 1.64. The number of hydrogen-bond donors (Lipinski definition) is 1. The molecule has 2 heteroatoms. The van der Waals surface area contributed by atoms with Crippen molar-refractivity contribution in [1.29, 1.82) is 0 Å². The molecular formula is C7H16N2. The SMILES string of the molecule is C[C@@H]1C[C@@H](C)N(CN)C1. The van der Waals surface area contributed by atoms with Gasteiger partial charge in [0, 0.05) is 19.3 Å². The number of hydrogen-bond acceptors (Lipinski definition) is 2. The summed E-state index contributed by atoms with van der Waals surface area (Å²) >= 11 is 0. The summed E-state index contributed by atoms with van der Waals surface area (Å²) < 4.78 is 0. The highest BCUT2D eigenvalue weighted by Crippen LogP contribution is 2.20. The van der Waals surface area contributed by atoms with Crippen LogP contribution in [0, 0.1) is 5.92 Å². The van der Waals surface area contributed by atoms with Gasteiger partial charge in [0.05, 0.1) is 0 Å². The Morgan fingerprint density at radius 3 is 2.44 bits per heavy atom. The van der Waals surface area contributed by atoms with E-state index in [1.54, 1.807) is 0 Å². The average Bonchev–Trinajstić information content (AvgIpc) is 2.10. The monoisotopic (exact) mass is 128 g/mol. The van der Waals surface area contributed by atoms with Crippen LogP contribution in [-0.4, -0.2) is 24.2 Å². The molecular weight excluding hydrogens is 112 g/mol. The second-order valence-electron chi connectivity index (χ2n) is 3.14. The lowest BCUT2D eigenvalue weighted by Gasteiger charge is -2.17. The molecule has 1 aliphatic heterocycles. The van der Waals surface area contributed by atoms with E-state index in [-0.39, 0.29) is 0 Å². The summed E-state index contributed by atoms with van der Waals surface area (Å²) in [6.45, 7) is 6.45. The zero-order chi connectivity index (χ0) is 6.85. The Morgan fingerprint density at radius 1 is 1.56 bits per heavy atom. The molecule has 1 fully saturated rings. The van der Waals surface area contributed by atoms with Gasteiger partial charge >= 0.3 is 0 Å². The normalized spacial score (nSPS) is 37.7. The van der Waals surface area contributed by atoms with Crippen molar-refractivity contribution in [3.05, 3.63) is 0 Å². The Morgan fingerprint density at radius 2 is 2.22 bits per heavy atom. The van der Waals surface area contributed by atoms with Gasteiger partial charge in [-0.05, 0) is 19.3 Å². The Labute approximate surface area is 57.0 Å². The summed E-state index contributed by atoms with van der Waals surface area (Å²) in [7, 11) is 0. The van der Waals surface area contributed by atoms with Crippen LogP contribution in [0.2, 0.25) is 0 Å². The van der Waals surface area contributed by atoms with Gasteiger partial charge in [0.2, 0.25) is 0 Å². The van der Waals surface area contributed by atoms with Crippen molar-refractivity contribution >= 4 is 0 Å². The zero-order valence-electron chi connectivity index (χ0n) is 6.30. The van der Waals surface area contributed by atoms with E-state index in [0.29, 0.717) is 6.04 Å². The maximum absolute atomic E-state index is 5.51. The minimum absolute atomic E-state index is 0.713. The molecule has 2 N–H and O–H groups in total. The molecule has 0 aromatic rings. The van der Waals surface area contributed by atoms with E-state index in [0.717, 1.165) is 12.6 Å². The molecule has 0 bridgehead atoms. The highest BCUT2D eigenvalue weighted by molar-refractivity contribution is 4.78. The molecule has 0 aliphatic carbocycles. The van der Waals surface area contributed by atoms with Crippen LogP contribution in [0.3, 0.4) is 0 Å². The van der Waals surface area contributed by atoms with Gasteiger partial charge in [-0.15, -0.1) is 0 Å². The van der Waals surface area contributed by atoms with Crippen LogP contribution < -0.4 is 5.73 Å². The molecule has 0 saturated carbocycles. The molecule has 1 rings (SSSR count). The largest absolute Gasteiger partial charge is 0.318 e. The first-order chi connectivity index (χ1) is 4.24. The predicted molar refractivity (Wildman–Crippen MR) is 39.0 cm³/mol. The lowest BCUT2D eigenvalue weighted by molar-refractivity contribution is 0.273. The lowest BCUT2D eigenvalue weighted by atomic mass is 10.1. The summed E-state index contributed by atoms with van der Waals surface area (Å²) in [6.07, 6.45) is 1.32. The number of nitrogens with zero attached hydrogens (tertiary/aromatic N) is 1. The average molecular weight is 128 g/mol. The third kappa shape index (κ3) is 1.43. The third-order valence-electron chi connectivity index (χ3n) is 2.15. The van der Waals surface area contributed by atoms with Gasteiger partial charge in [-0.1, -0.05) is 6.92 Å². The van der Waals surface area contributed by atoms with Gasteiger partial charge in [0.25, 0.3) is 0 Å². The van der Waals surface area contributed by atoms with E-state index >= 15 is 0 Å². The quantitative estimate of drug-likeness (QED) is 0.561. The molecule has 9 heavy (non-hydrogen) atoms. The molecule has 1 aliphatic rings. The highest BCUT2D eigenvalue weighted by Gasteiger charge is 2.24. The minimum atomic E-state index is 0.713. The molecule has 0 amide bonds. The first-order valence-electron chi connectivity index (χ1n) is 3.68. The fourth-order valence-corrected chi connectivity index (χ4v) is 1.64. The molecule has 0 unspecified atom stereocenters. The van der Waals surface area contributed by atoms with Crippen LogP contribution in [0.4, 0.5) is 0 Å². The van der Waals surface area contributed by atoms with Crippen LogP contribution in [-0.2, 0) is 0 Å². The van der Waals surface area contributed by atoms with Gasteiger partial charge in [-0.25, -0.2) is 0 Å². The number of nitrogens with two attached hydrogens (primary N) is 1. The number of rotatable bonds is 1. The Balaban J connectivity index is 2.38. The van der Waals surface area contributed by atoms with Crippen molar-refractivity contribution in [3.63, 3.8) is 0 Å². The van der Waals surface area contributed by atoms with Crippen LogP contribution in [0.25, 0.3) is 0 Å². The van der Waals surface area contributed by atoms with E-state index in [4.69, 9.17) is 5.73 Å². The topological polar surface area (TPSA) is 29.3 Å². The van der Waals surface area contributed by atoms with Gasteiger partial charge in [0.1, 0.15) is 0 Å². The number of likely N-dealkylation sites (tertiary alicyclic amines) is 1. The lowest BCUT2D eigenvalue weighted by Crippen LogP contribution is -2.32. The van der Waals surface area contributed by atoms with E-state index < -0.39 is 0 Å². The fraction of sp³-hybridized carbons (Fsp3) is 1.00. The zero-order valence-corrected chi connectivity index (χ0v) is 6.30. The second kappa shape index (κ2) is 2.67. The van der Waals surface area contributed by atoms with Gasteiger partial charge in [-0.3, -0.25) is 4.90 Å². The molecule has 2 nitrogen and oxygen atoms in total. The molecule has 54 valence electrons. The van der Waals surface area contributed by atoms with Gasteiger partial charge in [0.15, 0.2) is 0 Å². The van der Waals surface area contributed by atoms with E-state index in [2.05, 4.69) is 18.7 Å². The summed E-state index contributed by atoms with van der Waals surface area (Å²) in [5, 5.41) is 0. The van der Waals surface area contributed by atoms with Crippen molar-refractivity contribution in [1.82, 2.24) is 4.90 Å². The van der Waals surface area contributed by atoms with Crippen molar-refractivity contribution < 1.29 is 0 Å². The maximum Gasteiger partial charge on any atom is 0.0457 e. The van der Waals surface area contributed by atoms with Crippen molar-refractivity contribution in [2.24, 2.45) is 11.7 Å². The summed E-state index contributed by atoms with van der Waals surface area (Å²) in [6, 6.07) is 0.713. The van der Waals surface area contributed by atoms with Gasteiger partial charge in [-0.2, -0.15) is 0 Å². The third-order valence-corrected chi connectivity index (χ3v) is 2.15. The molecule has 1 heterocycles. The van der Waals surface area contributed by atoms with E-state index in [9.17, 15) is 0 Å². The standard InChI is InChI=1S/C7H16N2/c1-6-3-7(2)9(4-6)5-8/h6-7H,3-5,8H2,1-2H3/t6-,7-/m1/s1. The van der Waals surface area contributed by atoms with Crippen LogP contribution >= 0.6 is 0 Å². The van der Waals surface area contributed by atoms with Crippen molar-refractivity contribution in [2.75, 3.05) is 13.2 Å². The van der Waals surface area contributed by atoms with Crippen LogP contribution in [0.5, 0.6) is 0 Å². The van der Waals surface area contributed by atoms with Crippen molar-refractivity contribution in [2.45, 2.75) is 26.3 Å². The molecule has 2 atom stereocenters. The molecule has 0 radical (unpaired) electrons.